The Hall–Kier alpha value is -2.30. The van der Waals surface area contributed by atoms with Gasteiger partial charge in [-0.05, 0) is 24.1 Å². The van der Waals surface area contributed by atoms with E-state index in [-0.39, 0.29) is 11.7 Å². The summed E-state index contributed by atoms with van der Waals surface area (Å²) < 4.78 is 10.6. The van der Waals surface area contributed by atoms with E-state index in [1.54, 1.807) is 20.3 Å². The molecule has 1 aliphatic heterocycles. The zero-order valence-corrected chi connectivity index (χ0v) is 12.1. The van der Waals surface area contributed by atoms with Crippen molar-refractivity contribution in [1.82, 2.24) is 5.32 Å². The lowest BCUT2D eigenvalue weighted by Gasteiger charge is -2.32. The molecule has 1 aliphatic carbocycles. The molecule has 5 heteroatoms. The fourth-order valence-electron chi connectivity index (χ4n) is 3.19. The van der Waals surface area contributed by atoms with Gasteiger partial charge in [0.25, 0.3) is 0 Å². The van der Waals surface area contributed by atoms with Crippen molar-refractivity contribution >= 4 is 11.7 Å². The summed E-state index contributed by atoms with van der Waals surface area (Å²) >= 11 is 0. The second-order valence-electron chi connectivity index (χ2n) is 5.40. The largest absolute Gasteiger partial charge is 0.493 e. The molecule has 1 aromatic carbocycles. The molecule has 0 saturated carbocycles. The molecular formula is C16H17NO4. The lowest BCUT2D eigenvalue weighted by molar-refractivity contribution is -0.119. The molecule has 1 N–H and O–H groups in total. The van der Waals surface area contributed by atoms with Crippen LogP contribution in [0.25, 0.3) is 0 Å². The third-order valence-electron chi connectivity index (χ3n) is 4.29. The minimum absolute atomic E-state index is 0.0502. The number of hydrogen-bond acceptors (Lipinski definition) is 4. The van der Waals surface area contributed by atoms with Crippen molar-refractivity contribution in [3.05, 3.63) is 35.5 Å². The van der Waals surface area contributed by atoms with Crippen molar-refractivity contribution in [1.29, 1.82) is 0 Å². The molecule has 1 fully saturated rings. The molecule has 5 nitrogen and oxygen atoms in total. The van der Waals surface area contributed by atoms with Gasteiger partial charge in [-0.2, -0.15) is 0 Å². The van der Waals surface area contributed by atoms with Crippen molar-refractivity contribution in [2.24, 2.45) is 0 Å². The van der Waals surface area contributed by atoms with Gasteiger partial charge in [0.1, 0.15) is 0 Å². The second-order valence-corrected chi connectivity index (χ2v) is 5.40. The Bertz CT molecular complexity index is 650. The molecule has 1 heterocycles. The predicted octanol–water partition coefficient (Wildman–Crippen LogP) is 1.71. The minimum Gasteiger partial charge on any atom is -0.493 e. The van der Waals surface area contributed by atoms with Gasteiger partial charge in [0.2, 0.25) is 5.91 Å². The maximum absolute atomic E-state index is 11.9. The lowest BCUT2D eigenvalue weighted by Crippen LogP contribution is -2.31. The number of allylic oxidation sites excluding steroid dienone is 2. The van der Waals surface area contributed by atoms with Crippen LogP contribution in [0.2, 0.25) is 0 Å². The van der Waals surface area contributed by atoms with Crippen molar-refractivity contribution in [3.63, 3.8) is 0 Å². The van der Waals surface area contributed by atoms with Gasteiger partial charge >= 0.3 is 0 Å². The van der Waals surface area contributed by atoms with E-state index >= 15 is 0 Å². The lowest BCUT2D eigenvalue weighted by atomic mass is 9.70. The van der Waals surface area contributed by atoms with Gasteiger partial charge in [-0.1, -0.05) is 6.07 Å². The highest BCUT2D eigenvalue weighted by Crippen LogP contribution is 2.46. The molecule has 0 radical (unpaired) electrons. The summed E-state index contributed by atoms with van der Waals surface area (Å²) in [5.74, 6) is 1.28. The fourth-order valence-corrected chi connectivity index (χ4v) is 3.19. The van der Waals surface area contributed by atoms with E-state index in [4.69, 9.17) is 9.47 Å². The van der Waals surface area contributed by atoms with E-state index in [2.05, 4.69) is 5.32 Å². The maximum Gasteiger partial charge on any atom is 0.225 e. The van der Waals surface area contributed by atoms with E-state index in [0.29, 0.717) is 36.5 Å². The average molecular weight is 287 g/mol. The van der Waals surface area contributed by atoms with Gasteiger partial charge < -0.3 is 14.8 Å². The quantitative estimate of drug-likeness (QED) is 0.919. The number of ketones is 1. The van der Waals surface area contributed by atoms with Gasteiger partial charge in [-0.3, -0.25) is 9.59 Å². The van der Waals surface area contributed by atoms with Crippen LogP contribution in [0.4, 0.5) is 0 Å². The Morgan fingerprint density at radius 2 is 1.90 bits per heavy atom. The highest BCUT2D eigenvalue weighted by Gasteiger charge is 2.46. The third kappa shape index (κ3) is 2.09. The van der Waals surface area contributed by atoms with Gasteiger partial charge in [0, 0.05) is 30.0 Å². The number of ether oxygens (including phenoxy) is 2. The van der Waals surface area contributed by atoms with Crippen LogP contribution in [0, 0.1) is 0 Å². The summed E-state index contributed by atoms with van der Waals surface area (Å²) in [6, 6.07) is 5.66. The van der Waals surface area contributed by atoms with Gasteiger partial charge in [-0.15, -0.1) is 0 Å². The molecule has 1 aromatic rings. The molecule has 1 unspecified atom stereocenters. The summed E-state index contributed by atoms with van der Waals surface area (Å²) in [4.78, 5) is 23.5. The maximum atomic E-state index is 11.9. The Balaban J connectivity index is 2.11. The van der Waals surface area contributed by atoms with E-state index < -0.39 is 5.41 Å². The highest BCUT2D eigenvalue weighted by molar-refractivity contribution is 5.96. The molecule has 0 aromatic heterocycles. The van der Waals surface area contributed by atoms with E-state index in [1.807, 2.05) is 18.2 Å². The monoisotopic (exact) mass is 287 g/mol. The van der Waals surface area contributed by atoms with E-state index in [0.717, 1.165) is 5.56 Å². The van der Waals surface area contributed by atoms with Crippen LogP contribution < -0.4 is 14.8 Å². The van der Waals surface area contributed by atoms with E-state index in [9.17, 15) is 9.59 Å². The average Bonchev–Trinajstić information content (AvgIpc) is 2.82. The summed E-state index contributed by atoms with van der Waals surface area (Å²) in [6.45, 7) is 0. The summed E-state index contributed by atoms with van der Waals surface area (Å²) in [5, 5.41) is 2.82. The minimum atomic E-state index is -0.440. The second kappa shape index (κ2) is 4.91. The highest BCUT2D eigenvalue weighted by atomic mass is 16.5. The number of carbonyl (C=O) groups excluding carboxylic acids is 2. The van der Waals surface area contributed by atoms with Crippen molar-refractivity contribution in [3.8, 4) is 11.5 Å². The standard InChI is InChI=1S/C16H17NO4/c1-20-12-4-3-10(7-13(12)21-2)16-6-5-11(18)8-14(16)17-15(19)9-16/h3-4,7-8H,5-6,9H2,1-2H3,(H,17,19). The molecule has 0 bridgehead atoms. The van der Waals surface area contributed by atoms with Crippen molar-refractivity contribution in [2.45, 2.75) is 24.7 Å². The molecule has 3 rings (SSSR count). The first-order valence-electron chi connectivity index (χ1n) is 6.86. The number of carbonyl (C=O) groups is 2. The van der Waals surface area contributed by atoms with Crippen molar-refractivity contribution < 1.29 is 19.1 Å². The summed E-state index contributed by atoms with van der Waals surface area (Å²) in [7, 11) is 3.17. The molecule has 21 heavy (non-hydrogen) atoms. The topological polar surface area (TPSA) is 64.6 Å². The molecule has 110 valence electrons. The first-order valence-corrected chi connectivity index (χ1v) is 6.86. The summed E-state index contributed by atoms with van der Waals surface area (Å²) in [6.07, 6.45) is 3.01. The van der Waals surface area contributed by atoms with Crippen LogP contribution >= 0.6 is 0 Å². The Morgan fingerprint density at radius 3 is 2.62 bits per heavy atom. The zero-order valence-electron chi connectivity index (χ0n) is 12.1. The van der Waals surface area contributed by atoms with Crippen LogP contribution in [0.3, 0.4) is 0 Å². The molecule has 1 atom stereocenters. The van der Waals surface area contributed by atoms with Crippen LogP contribution in [0.15, 0.2) is 30.0 Å². The Labute approximate surface area is 122 Å². The van der Waals surface area contributed by atoms with Crippen LogP contribution in [0.5, 0.6) is 11.5 Å². The first-order chi connectivity index (χ1) is 10.1. The fraction of sp³-hybridized carbons (Fsp3) is 0.375. The summed E-state index contributed by atoms with van der Waals surface area (Å²) in [5.41, 5.74) is 1.23. The Kier molecular flexibility index (Phi) is 3.20. The number of fused-ring (bicyclic) bond motifs is 1. The first kappa shape index (κ1) is 13.7. The number of benzene rings is 1. The van der Waals surface area contributed by atoms with E-state index in [1.165, 1.54) is 0 Å². The molecular weight excluding hydrogens is 270 g/mol. The Morgan fingerprint density at radius 1 is 1.14 bits per heavy atom. The third-order valence-corrected chi connectivity index (χ3v) is 4.29. The normalized spacial score (nSPS) is 24.2. The number of amides is 1. The molecule has 2 aliphatic rings. The molecule has 0 spiro atoms. The number of rotatable bonds is 3. The van der Waals surface area contributed by atoms with Gasteiger partial charge in [-0.25, -0.2) is 0 Å². The van der Waals surface area contributed by atoms with Gasteiger partial charge in [0.15, 0.2) is 17.3 Å². The number of nitrogens with one attached hydrogen (secondary N) is 1. The van der Waals surface area contributed by atoms with Gasteiger partial charge in [0.05, 0.1) is 14.2 Å². The predicted molar refractivity (Wildman–Crippen MR) is 76.3 cm³/mol. The SMILES string of the molecule is COc1ccc(C23CCC(=O)C=C2NC(=O)C3)cc1OC. The molecule has 1 saturated heterocycles. The van der Waals surface area contributed by atoms with Crippen LogP contribution in [-0.2, 0) is 15.0 Å². The molecule has 1 amide bonds. The van der Waals surface area contributed by atoms with Crippen LogP contribution in [-0.4, -0.2) is 25.9 Å². The van der Waals surface area contributed by atoms with Crippen LogP contribution in [0.1, 0.15) is 24.8 Å². The number of methoxy groups -OCH3 is 2. The van der Waals surface area contributed by atoms with Crippen molar-refractivity contribution in [2.75, 3.05) is 14.2 Å². The number of hydrogen-bond donors (Lipinski definition) is 1. The smallest absolute Gasteiger partial charge is 0.225 e. The zero-order chi connectivity index (χ0) is 15.0.